The number of benzene rings is 1. The van der Waals surface area contributed by atoms with Gasteiger partial charge in [0.2, 0.25) is 0 Å². The molecule has 3 heteroatoms. The summed E-state index contributed by atoms with van der Waals surface area (Å²) in [6.07, 6.45) is 2.18. The van der Waals surface area contributed by atoms with Gasteiger partial charge < -0.3 is 4.90 Å². The summed E-state index contributed by atoms with van der Waals surface area (Å²) in [5.74, 6) is 0.170. The minimum absolute atomic E-state index is 0.170. The molecule has 0 saturated carbocycles. The van der Waals surface area contributed by atoms with Crippen molar-refractivity contribution in [3.63, 3.8) is 0 Å². The Bertz CT molecular complexity index is 618. The molecule has 1 aromatic heterocycles. The SMILES string of the molecule is Cc1ccc(C(=O)N2CCCC2c2cccs2)cc1C. The maximum absolute atomic E-state index is 12.7. The first-order valence-electron chi connectivity index (χ1n) is 7.08. The van der Waals surface area contributed by atoms with Crippen molar-refractivity contribution in [2.24, 2.45) is 0 Å². The molecule has 2 aromatic rings. The van der Waals surface area contributed by atoms with Gasteiger partial charge in [-0.05, 0) is 61.4 Å². The molecule has 3 rings (SSSR count). The van der Waals surface area contributed by atoms with E-state index in [2.05, 4.69) is 31.4 Å². The lowest BCUT2D eigenvalue weighted by Gasteiger charge is -2.24. The third-order valence-corrected chi connectivity index (χ3v) is 5.11. The predicted octanol–water partition coefficient (Wildman–Crippen LogP) is 4.34. The fourth-order valence-electron chi connectivity index (χ4n) is 2.83. The second-order valence-electron chi connectivity index (χ2n) is 5.47. The molecule has 104 valence electrons. The molecule has 1 aromatic carbocycles. The van der Waals surface area contributed by atoms with E-state index in [-0.39, 0.29) is 11.9 Å². The highest BCUT2D eigenvalue weighted by atomic mass is 32.1. The van der Waals surface area contributed by atoms with Gasteiger partial charge in [-0.2, -0.15) is 0 Å². The summed E-state index contributed by atoms with van der Waals surface area (Å²) >= 11 is 1.75. The second-order valence-corrected chi connectivity index (χ2v) is 6.45. The lowest BCUT2D eigenvalue weighted by atomic mass is 10.1. The number of aryl methyl sites for hydroxylation is 2. The van der Waals surface area contributed by atoms with Crippen LogP contribution in [0.15, 0.2) is 35.7 Å². The van der Waals surface area contributed by atoms with Gasteiger partial charge >= 0.3 is 0 Å². The van der Waals surface area contributed by atoms with Crippen LogP contribution in [0.4, 0.5) is 0 Å². The van der Waals surface area contributed by atoms with Gasteiger partial charge in [-0.25, -0.2) is 0 Å². The molecule has 1 fully saturated rings. The standard InChI is InChI=1S/C17H19NOS/c1-12-7-8-14(11-13(12)2)17(19)18-9-3-5-15(18)16-6-4-10-20-16/h4,6-8,10-11,15H,3,5,9H2,1-2H3. The van der Waals surface area contributed by atoms with Crippen molar-refractivity contribution in [1.29, 1.82) is 0 Å². The normalized spacial score (nSPS) is 18.5. The van der Waals surface area contributed by atoms with Crippen LogP contribution in [-0.4, -0.2) is 17.4 Å². The lowest BCUT2D eigenvalue weighted by molar-refractivity contribution is 0.0738. The molecule has 1 atom stereocenters. The van der Waals surface area contributed by atoms with Crippen molar-refractivity contribution in [2.45, 2.75) is 32.7 Å². The molecule has 1 unspecified atom stereocenters. The number of carbonyl (C=O) groups is 1. The Balaban J connectivity index is 1.87. The average molecular weight is 285 g/mol. The van der Waals surface area contributed by atoms with Gasteiger partial charge in [-0.3, -0.25) is 4.79 Å². The molecule has 1 saturated heterocycles. The predicted molar refractivity (Wildman–Crippen MR) is 83.2 cm³/mol. The summed E-state index contributed by atoms with van der Waals surface area (Å²) < 4.78 is 0. The van der Waals surface area contributed by atoms with Crippen LogP contribution in [-0.2, 0) is 0 Å². The molecule has 0 N–H and O–H groups in total. The van der Waals surface area contributed by atoms with Crippen LogP contribution < -0.4 is 0 Å². The molecular formula is C17H19NOS. The molecular weight excluding hydrogens is 266 g/mol. The summed E-state index contributed by atoms with van der Waals surface area (Å²) in [6, 6.07) is 10.5. The van der Waals surface area contributed by atoms with Gasteiger partial charge in [0.25, 0.3) is 5.91 Å². The minimum Gasteiger partial charge on any atom is -0.331 e. The van der Waals surface area contributed by atoms with Crippen molar-refractivity contribution >= 4 is 17.2 Å². The van der Waals surface area contributed by atoms with Gasteiger partial charge in [0.1, 0.15) is 0 Å². The van der Waals surface area contributed by atoms with Crippen LogP contribution in [0.3, 0.4) is 0 Å². The number of carbonyl (C=O) groups excluding carboxylic acids is 1. The first kappa shape index (κ1) is 13.4. The largest absolute Gasteiger partial charge is 0.331 e. The topological polar surface area (TPSA) is 20.3 Å². The third-order valence-electron chi connectivity index (χ3n) is 4.14. The Kier molecular flexibility index (Phi) is 3.62. The fraction of sp³-hybridized carbons (Fsp3) is 0.353. The van der Waals surface area contributed by atoms with E-state index < -0.39 is 0 Å². The zero-order valence-corrected chi connectivity index (χ0v) is 12.7. The van der Waals surface area contributed by atoms with Gasteiger partial charge in [-0.1, -0.05) is 12.1 Å². The summed E-state index contributed by atoms with van der Waals surface area (Å²) in [5.41, 5.74) is 3.23. The Morgan fingerprint density at radius 3 is 2.80 bits per heavy atom. The van der Waals surface area contributed by atoms with Crippen LogP contribution >= 0.6 is 11.3 Å². The van der Waals surface area contributed by atoms with Crippen molar-refractivity contribution < 1.29 is 4.79 Å². The minimum atomic E-state index is 0.170. The molecule has 0 spiro atoms. The van der Waals surface area contributed by atoms with Crippen LogP contribution in [0.2, 0.25) is 0 Å². The first-order valence-corrected chi connectivity index (χ1v) is 7.96. The Hall–Kier alpha value is -1.61. The summed E-state index contributed by atoms with van der Waals surface area (Å²) in [4.78, 5) is 16.1. The molecule has 1 aliphatic rings. The Morgan fingerprint density at radius 1 is 1.25 bits per heavy atom. The van der Waals surface area contributed by atoms with E-state index in [1.165, 1.54) is 16.0 Å². The van der Waals surface area contributed by atoms with E-state index in [4.69, 9.17) is 0 Å². The van der Waals surface area contributed by atoms with Crippen molar-refractivity contribution in [3.05, 3.63) is 57.3 Å². The molecule has 0 radical (unpaired) electrons. The lowest BCUT2D eigenvalue weighted by Crippen LogP contribution is -2.30. The van der Waals surface area contributed by atoms with Gasteiger partial charge in [-0.15, -0.1) is 11.3 Å². The van der Waals surface area contributed by atoms with E-state index >= 15 is 0 Å². The van der Waals surface area contributed by atoms with E-state index in [9.17, 15) is 4.79 Å². The summed E-state index contributed by atoms with van der Waals surface area (Å²) in [5, 5.41) is 2.09. The number of rotatable bonds is 2. The molecule has 0 bridgehead atoms. The summed E-state index contributed by atoms with van der Waals surface area (Å²) in [6.45, 7) is 5.01. The van der Waals surface area contributed by atoms with Crippen LogP contribution in [0.5, 0.6) is 0 Å². The van der Waals surface area contributed by atoms with E-state index in [0.717, 1.165) is 24.9 Å². The van der Waals surface area contributed by atoms with Crippen LogP contribution in [0.25, 0.3) is 0 Å². The molecule has 1 amide bonds. The van der Waals surface area contributed by atoms with Crippen molar-refractivity contribution in [1.82, 2.24) is 4.90 Å². The smallest absolute Gasteiger partial charge is 0.254 e. The van der Waals surface area contributed by atoms with E-state index in [1.807, 2.05) is 23.1 Å². The van der Waals surface area contributed by atoms with Gasteiger partial charge in [0.05, 0.1) is 6.04 Å². The average Bonchev–Trinajstić information content (AvgIpc) is 3.10. The number of hydrogen-bond acceptors (Lipinski definition) is 2. The molecule has 1 aliphatic heterocycles. The zero-order valence-electron chi connectivity index (χ0n) is 11.9. The molecule has 0 aliphatic carbocycles. The Labute approximate surface area is 124 Å². The van der Waals surface area contributed by atoms with Crippen molar-refractivity contribution in [2.75, 3.05) is 6.54 Å². The molecule has 2 nitrogen and oxygen atoms in total. The Morgan fingerprint density at radius 2 is 2.10 bits per heavy atom. The quantitative estimate of drug-likeness (QED) is 0.803. The van der Waals surface area contributed by atoms with E-state index in [1.54, 1.807) is 11.3 Å². The van der Waals surface area contributed by atoms with E-state index in [0.29, 0.717) is 0 Å². The van der Waals surface area contributed by atoms with Crippen molar-refractivity contribution in [3.8, 4) is 0 Å². The maximum Gasteiger partial charge on any atom is 0.254 e. The molecule has 20 heavy (non-hydrogen) atoms. The number of thiophene rings is 1. The highest BCUT2D eigenvalue weighted by Gasteiger charge is 2.31. The van der Waals surface area contributed by atoms with Gasteiger partial charge in [0, 0.05) is 17.0 Å². The summed E-state index contributed by atoms with van der Waals surface area (Å²) in [7, 11) is 0. The highest BCUT2D eigenvalue weighted by molar-refractivity contribution is 7.10. The first-order chi connectivity index (χ1) is 9.66. The fourth-order valence-corrected chi connectivity index (χ4v) is 3.70. The van der Waals surface area contributed by atoms with Crippen LogP contribution in [0.1, 0.15) is 45.2 Å². The second kappa shape index (κ2) is 5.41. The number of likely N-dealkylation sites (tertiary alicyclic amines) is 1. The highest BCUT2D eigenvalue weighted by Crippen LogP contribution is 2.35. The van der Waals surface area contributed by atoms with Crippen LogP contribution in [0, 0.1) is 13.8 Å². The zero-order chi connectivity index (χ0) is 14.1. The molecule has 2 heterocycles. The number of hydrogen-bond donors (Lipinski definition) is 0. The maximum atomic E-state index is 12.7. The third kappa shape index (κ3) is 2.38. The number of amides is 1. The van der Waals surface area contributed by atoms with Gasteiger partial charge in [0.15, 0.2) is 0 Å². The monoisotopic (exact) mass is 285 g/mol. The number of nitrogens with zero attached hydrogens (tertiary/aromatic N) is 1.